The summed E-state index contributed by atoms with van der Waals surface area (Å²) in [4.78, 5) is 30.4. The van der Waals surface area contributed by atoms with E-state index in [1.807, 2.05) is 11.0 Å². The molecule has 1 fully saturated rings. The Labute approximate surface area is 144 Å². The number of rotatable bonds is 3. The molecule has 126 valence electrons. The van der Waals surface area contributed by atoms with Crippen molar-refractivity contribution >= 4 is 17.3 Å². The van der Waals surface area contributed by atoms with Crippen LogP contribution >= 0.6 is 0 Å². The number of carbonyl (C=O) groups is 1. The fraction of sp³-hybridized carbons (Fsp3) is 0.235. The summed E-state index contributed by atoms with van der Waals surface area (Å²) in [6.45, 7) is 2.13. The van der Waals surface area contributed by atoms with Gasteiger partial charge in [0.05, 0.1) is 21.7 Å². The van der Waals surface area contributed by atoms with Crippen LogP contribution in [0, 0.1) is 21.4 Å². The molecule has 1 aliphatic heterocycles. The molecule has 0 aliphatic carbocycles. The molecule has 1 amide bonds. The first kappa shape index (κ1) is 16.4. The molecule has 1 aromatic heterocycles. The minimum absolute atomic E-state index is 0.0723. The molecule has 2 aromatic rings. The van der Waals surface area contributed by atoms with Crippen LogP contribution in [0.5, 0.6) is 0 Å². The summed E-state index contributed by atoms with van der Waals surface area (Å²) in [7, 11) is 0. The first-order chi connectivity index (χ1) is 12.1. The third kappa shape index (κ3) is 3.40. The molecule has 0 unspecified atom stereocenters. The Morgan fingerprint density at radius 1 is 1.24 bits per heavy atom. The van der Waals surface area contributed by atoms with E-state index in [9.17, 15) is 20.2 Å². The van der Waals surface area contributed by atoms with Gasteiger partial charge >= 0.3 is 0 Å². The molecule has 2 heterocycles. The molecule has 0 atom stereocenters. The quantitative estimate of drug-likeness (QED) is 0.625. The molecule has 0 spiro atoms. The van der Waals surface area contributed by atoms with Crippen LogP contribution in [0.3, 0.4) is 0 Å². The van der Waals surface area contributed by atoms with E-state index in [1.54, 1.807) is 35.5 Å². The summed E-state index contributed by atoms with van der Waals surface area (Å²) in [5.74, 6) is -0.0723. The number of hydrogen-bond acceptors (Lipinski definition) is 6. The van der Waals surface area contributed by atoms with E-state index < -0.39 is 4.92 Å². The van der Waals surface area contributed by atoms with E-state index in [0.717, 1.165) is 0 Å². The number of nitrogens with zero attached hydrogens (tertiary/aromatic N) is 5. The van der Waals surface area contributed by atoms with Crippen LogP contribution < -0.4 is 4.90 Å². The van der Waals surface area contributed by atoms with E-state index in [2.05, 4.69) is 4.98 Å². The number of carbonyl (C=O) groups excluding carboxylic acids is 1. The van der Waals surface area contributed by atoms with Crippen LogP contribution in [0.1, 0.15) is 15.9 Å². The molecular weight excluding hydrogens is 322 g/mol. The molecule has 25 heavy (non-hydrogen) atoms. The zero-order chi connectivity index (χ0) is 17.8. The third-order valence-corrected chi connectivity index (χ3v) is 4.13. The number of amides is 1. The van der Waals surface area contributed by atoms with Crippen molar-refractivity contribution in [3.05, 3.63) is 64.0 Å². The summed E-state index contributed by atoms with van der Waals surface area (Å²) in [6, 6.07) is 9.73. The van der Waals surface area contributed by atoms with Crippen LogP contribution in [0.15, 0.2) is 42.7 Å². The van der Waals surface area contributed by atoms with Crippen LogP contribution in [-0.2, 0) is 0 Å². The molecule has 1 aliphatic rings. The van der Waals surface area contributed by atoms with E-state index in [1.165, 1.54) is 12.1 Å². The van der Waals surface area contributed by atoms with Crippen molar-refractivity contribution in [2.45, 2.75) is 0 Å². The highest BCUT2D eigenvalue weighted by molar-refractivity contribution is 5.94. The number of benzene rings is 1. The Balaban J connectivity index is 1.71. The summed E-state index contributed by atoms with van der Waals surface area (Å²) in [5.41, 5.74) is 1.36. The fourth-order valence-corrected chi connectivity index (χ4v) is 2.83. The topological polar surface area (TPSA) is 103 Å². The van der Waals surface area contributed by atoms with E-state index >= 15 is 0 Å². The van der Waals surface area contributed by atoms with Crippen LogP contribution in [-0.4, -0.2) is 46.9 Å². The van der Waals surface area contributed by atoms with Gasteiger partial charge in [-0.3, -0.25) is 19.9 Å². The summed E-state index contributed by atoms with van der Waals surface area (Å²) in [5, 5.41) is 20.1. The predicted octanol–water partition coefficient (Wildman–Crippen LogP) is 1.82. The highest BCUT2D eigenvalue weighted by Gasteiger charge is 2.24. The van der Waals surface area contributed by atoms with Crippen molar-refractivity contribution < 1.29 is 9.72 Å². The Bertz CT molecular complexity index is 839. The van der Waals surface area contributed by atoms with Crippen molar-refractivity contribution in [1.82, 2.24) is 9.88 Å². The molecule has 3 rings (SSSR count). The second-order valence-electron chi connectivity index (χ2n) is 5.59. The number of hydrogen-bond donors (Lipinski definition) is 0. The molecule has 0 saturated carbocycles. The molecule has 8 heteroatoms. The molecule has 8 nitrogen and oxygen atoms in total. The van der Waals surface area contributed by atoms with Crippen molar-refractivity contribution in [3.63, 3.8) is 0 Å². The molecule has 0 bridgehead atoms. The number of pyridine rings is 1. The summed E-state index contributed by atoms with van der Waals surface area (Å²) >= 11 is 0. The lowest BCUT2D eigenvalue weighted by atomic mass is 10.1. The number of piperazine rings is 1. The van der Waals surface area contributed by atoms with Gasteiger partial charge in [0.2, 0.25) is 0 Å². The Hall–Kier alpha value is -3.47. The molecule has 1 saturated heterocycles. The van der Waals surface area contributed by atoms with Crippen LogP contribution in [0.4, 0.5) is 11.4 Å². The van der Waals surface area contributed by atoms with Gasteiger partial charge in [-0.1, -0.05) is 0 Å². The van der Waals surface area contributed by atoms with E-state index in [-0.39, 0.29) is 17.2 Å². The normalized spacial score (nSPS) is 14.0. The Morgan fingerprint density at radius 3 is 2.60 bits per heavy atom. The van der Waals surface area contributed by atoms with Gasteiger partial charge in [0.25, 0.3) is 11.6 Å². The molecule has 1 aromatic carbocycles. The van der Waals surface area contributed by atoms with Gasteiger partial charge < -0.3 is 9.80 Å². The van der Waals surface area contributed by atoms with E-state index in [4.69, 9.17) is 0 Å². The Morgan fingerprint density at radius 2 is 2.00 bits per heavy atom. The maximum absolute atomic E-state index is 12.4. The largest absolute Gasteiger partial charge is 0.367 e. The fourth-order valence-electron chi connectivity index (χ4n) is 2.83. The van der Waals surface area contributed by atoms with Gasteiger partial charge in [-0.2, -0.15) is 5.26 Å². The van der Waals surface area contributed by atoms with Crippen molar-refractivity contribution in [2.24, 2.45) is 0 Å². The zero-order valence-corrected chi connectivity index (χ0v) is 13.3. The molecular formula is C17H15N5O3. The van der Waals surface area contributed by atoms with Crippen LogP contribution in [0.25, 0.3) is 0 Å². The standard InChI is InChI=1S/C17H15N5O3/c18-11-14-10-15(22(24)25)3-4-16(14)20-6-8-21(9-7-20)17(23)13-2-1-5-19-12-13/h1-5,10,12H,6-9H2. The Kier molecular flexibility index (Phi) is 4.57. The molecule has 0 N–H and O–H groups in total. The van der Waals surface area contributed by atoms with Gasteiger partial charge in [-0.15, -0.1) is 0 Å². The molecule has 0 radical (unpaired) electrons. The maximum atomic E-state index is 12.4. The van der Waals surface area contributed by atoms with Gasteiger partial charge in [0.1, 0.15) is 6.07 Å². The van der Waals surface area contributed by atoms with Gasteiger partial charge in [-0.25, -0.2) is 0 Å². The average molecular weight is 337 g/mol. The lowest BCUT2D eigenvalue weighted by Gasteiger charge is -2.36. The SMILES string of the molecule is N#Cc1cc([N+](=O)[O-])ccc1N1CCN(C(=O)c2cccnc2)CC1. The number of nitriles is 1. The number of anilines is 1. The minimum atomic E-state index is -0.519. The third-order valence-electron chi connectivity index (χ3n) is 4.13. The average Bonchev–Trinajstić information content (AvgIpc) is 2.67. The van der Waals surface area contributed by atoms with Gasteiger partial charge in [0, 0.05) is 50.7 Å². The number of nitro benzene ring substituents is 1. The lowest BCUT2D eigenvalue weighted by molar-refractivity contribution is -0.384. The van der Waals surface area contributed by atoms with E-state index in [0.29, 0.717) is 37.4 Å². The van der Waals surface area contributed by atoms with Crippen molar-refractivity contribution in [2.75, 3.05) is 31.1 Å². The first-order valence-electron chi connectivity index (χ1n) is 7.73. The van der Waals surface area contributed by atoms with Crippen LogP contribution in [0.2, 0.25) is 0 Å². The van der Waals surface area contributed by atoms with Crippen molar-refractivity contribution in [3.8, 4) is 6.07 Å². The zero-order valence-electron chi connectivity index (χ0n) is 13.3. The number of non-ortho nitro benzene ring substituents is 1. The lowest BCUT2D eigenvalue weighted by Crippen LogP contribution is -2.49. The number of aromatic nitrogens is 1. The highest BCUT2D eigenvalue weighted by Crippen LogP contribution is 2.26. The predicted molar refractivity (Wildman–Crippen MR) is 90.2 cm³/mol. The first-order valence-corrected chi connectivity index (χ1v) is 7.73. The smallest absolute Gasteiger partial charge is 0.270 e. The monoisotopic (exact) mass is 337 g/mol. The second kappa shape index (κ2) is 6.97. The van der Waals surface area contributed by atoms with Gasteiger partial charge in [-0.05, 0) is 18.2 Å². The number of nitro groups is 1. The van der Waals surface area contributed by atoms with Gasteiger partial charge in [0.15, 0.2) is 0 Å². The maximum Gasteiger partial charge on any atom is 0.270 e. The summed E-state index contributed by atoms with van der Waals surface area (Å²) < 4.78 is 0. The summed E-state index contributed by atoms with van der Waals surface area (Å²) in [6.07, 6.45) is 3.16. The van der Waals surface area contributed by atoms with Crippen molar-refractivity contribution in [1.29, 1.82) is 5.26 Å². The minimum Gasteiger partial charge on any atom is -0.367 e. The highest BCUT2D eigenvalue weighted by atomic mass is 16.6. The second-order valence-corrected chi connectivity index (χ2v) is 5.59.